The Balaban J connectivity index is 0.00000361. The third kappa shape index (κ3) is 8.70. The number of nitrogens with one attached hydrogen (secondary N) is 2. The van der Waals surface area contributed by atoms with E-state index in [2.05, 4.69) is 32.9 Å². The fraction of sp³-hybridized carbons (Fsp3) is 0.692. The lowest BCUT2D eigenvalue weighted by atomic mass is 10.3. The molecule has 0 atom stereocenters. The maximum Gasteiger partial charge on any atom is 0.191 e. The monoisotopic (exact) mass is 412 g/mol. The molecule has 0 bridgehead atoms. The molecule has 0 radical (unpaired) electrons. The number of aliphatic imine (C=N–C) groups is 1. The molecule has 20 heavy (non-hydrogen) atoms. The molecule has 0 saturated carbocycles. The van der Waals surface area contributed by atoms with Gasteiger partial charge in [0.15, 0.2) is 5.96 Å². The highest BCUT2D eigenvalue weighted by molar-refractivity contribution is 14.0. The number of halogens is 1. The predicted molar refractivity (Wildman–Crippen MR) is 96.4 cm³/mol. The quantitative estimate of drug-likeness (QED) is 0.298. The lowest BCUT2D eigenvalue weighted by molar-refractivity contribution is 0.155. The van der Waals surface area contributed by atoms with Crippen molar-refractivity contribution < 1.29 is 4.74 Å². The minimum atomic E-state index is 0. The number of aryl methyl sites for hydroxylation is 1. The number of rotatable bonds is 8. The van der Waals surface area contributed by atoms with E-state index in [0.29, 0.717) is 13.2 Å². The van der Waals surface area contributed by atoms with Crippen LogP contribution >= 0.6 is 35.3 Å². The molecule has 1 aromatic heterocycles. The van der Waals surface area contributed by atoms with Crippen LogP contribution in [-0.4, -0.2) is 43.8 Å². The molecule has 0 aliphatic rings. The van der Waals surface area contributed by atoms with Crippen LogP contribution in [0.4, 0.5) is 0 Å². The summed E-state index contributed by atoms with van der Waals surface area (Å²) in [5.41, 5.74) is 1.14. The summed E-state index contributed by atoms with van der Waals surface area (Å²) in [5, 5.41) is 9.74. The van der Waals surface area contributed by atoms with Crippen molar-refractivity contribution in [2.75, 3.05) is 32.8 Å². The smallest absolute Gasteiger partial charge is 0.191 e. The Bertz CT molecular complexity index is 384. The maximum atomic E-state index is 5.27. The van der Waals surface area contributed by atoms with Gasteiger partial charge in [0.25, 0.3) is 0 Å². The molecule has 5 nitrogen and oxygen atoms in total. The number of thiazole rings is 1. The van der Waals surface area contributed by atoms with E-state index in [1.807, 2.05) is 13.8 Å². The lowest BCUT2D eigenvalue weighted by Crippen LogP contribution is -2.38. The molecular formula is C13H25IN4OS. The van der Waals surface area contributed by atoms with Gasteiger partial charge in [0.05, 0.1) is 23.9 Å². The number of guanidine groups is 1. The normalized spacial score (nSPS) is 11.1. The van der Waals surface area contributed by atoms with Gasteiger partial charge in [0, 0.05) is 31.5 Å². The van der Waals surface area contributed by atoms with Crippen molar-refractivity contribution in [3.8, 4) is 0 Å². The van der Waals surface area contributed by atoms with Crippen LogP contribution in [0.25, 0.3) is 0 Å². The van der Waals surface area contributed by atoms with Crippen LogP contribution in [-0.2, 0) is 11.2 Å². The van der Waals surface area contributed by atoms with Gasteiger partial charge in [-0.25, -0.2) is 4.98 Å². The zero-order valence-corrected chi connectivity index (χ0v) is 15.6. The Morgan fingerprint density at radius 3 is 2.80 bits per heavy atom. The van der Waals surface area contributed by atoms with Gasteiger partial charge >= 0.3 is 0 Å². The maximum absolute atomic E-state index is 5.27. The van der Waals surface area contributed by atoms with Crippen molar-refractivity contribution in [3.63, 3.8) is 0 Å². The molecule has 0 fully saturated rings. The zero-order valence-electron chi connectivity index (χ0n) is 12.4. The van der Waals surface area contributed by atoms with Gasteiger partial charge in [-0.1, -0.05) is 0 Å². The summed E-state index contributed by atoms with van der Waals surface area (Å²) in [5.74, 6) is 0.842. The van der Waals surface area contributed by atoms with Crippen LogP contribution in [0, 0.1) is 6.92 Å². The first kappa shape index (κ1) is 19.6. The number of aromatic nitrogens is 1. The molecule has 0 aliphatic heterocycles. The SMILES string of the molecule is CCNC(=NCCOCC)NCCc1csc(C)n1.I. The van der Waals surface area contributed by atoms with E-state index in [0.717, 1.165) is 42.8 Å². The summed E-state index contributed by atoms with van der Waals surface area (Å²) in [6.07, 6.45) is 0.917. The molecule has 0 aromatic carbocycles. The van der Waals surface area contributed by atoms with Crippen LogP contribution in [0.15, 0.2) is 10.4 Å². The molecule has 7 heteroatoms. The highest BCUT2D eigenvalue weighted by Gasteiger charge is 2.00. The van der Waals surface area contributed by atoms with Crippen molar-refractivity contribution in [2.24, 2.45) is 4.99 Å². The van der Waals surface area contributed by atoms with Crippen molar-refractivity contribution in [1.29, 1.82) is 0 Å². The van der Waals surface area contributed by atoms with Crippen molar-refractivity contribution in [3.05, 3.63) is 16.1 Å². The number of nitrogens with zero attached hydrogens (tertiary/aromatic N) is 2. The minimum absolute atomic E-state index is 0. The Kier molecular flexibility index (Phi) is 12.1. The van der Waals surface area contributed by atoms with Gasteiger partial charge in [0.1, 0.15) is 0 Å². The first-order valence-corrected chi connectivity index (χ1v) is 7.65. The van der Waals surface area contributed by atoms with Gasteiger partial charge in [-0.3, -0.25) is 4.99 Å². The summed E-state index contributed by atoms with van der Waals surface area (Å²) >= 11 is 1.69. The average molecular weight is 412 g/mol. The molecule has 0 unspecified atom stereocenters. The van der Waals surface area contributed by atoms with Crippen molar-refractivity contribution in [1.82, 2.24) is 15.6 Å². The van der Waals surface area contributed by atoms with Crippen LogP contribution in [0.5, 0.6) is 0 Å². The summed E-state index contributed by atoms with van der Waals surface area (Å²) in [6.45, 7) is 9.85. The number of hydrogen-bond acceptors (Lipinski definition) is 4. The molecule has 0 amide bonds. The van der Waals surface area contributed by atoms with Gasteiger partial charge in [-0.15, -0.1) is 35.3 Å². The third-order valence-corrected chi connectivity index (χ3v) is 3.22. The number of ether oxygens (including phenoxy) is 1. The molecular weight excluding hydrogens is 387 g/mol. The Labute approximate surface area is 142 Å². The van der Waals surface area contributed by atoms with Crippen LogP contribution in [0.3, 0.4) is 0 Å². The summed E-state index contributed by atoms with van der Waals surface area (Å²) < 4.78 is 5.27. The largest absolute Gasteiger partial charge is 0.380 e. The van der Waals surface area contributed by atoms with Gasteiger partial charge in [0.2, 0.25) is 0 Å². The van der Waals surface area contributed by atoms with Crippen molar-refractivity contribution in [2.45, 2.75) is 27.2 Å². The standard InChI is InChI=1S/C13H24N4OS.HI/c1-4-14-13(16-8-9-18-5-2)15-7-6-12-10-19-11(3)17-12;/h10H,4-9H2,1-3H3,(H2,14,15,16);1H. The minimum Gasteiger partial charge on any atom is -0.380 e. The zero-order chi connectivity index (χ0) is 13.9. The first-order chi connectivity index (χ1) is 9.26. The average Bonchev–Trinajstić information content (AvgIpc) is 2.80. The fourth-order valence-corrected chi connectivity index (χ4v) is 2.19. The van der Waals surface area contributed by atoms with Crippen LogP contribution in [0.1, 0.15) is 24.5 Å². The summed E-state index contributed by atoms with van der Waals surface area (Å²) in [7, 11) is 0. The molecule has 0 spiro atoms. The highest BCUT2D eigenvalue weighted by Crippen LogP contribution is 2.07. The van der Waals surface area contributed by atoms with E-state index >= 15 is 0 Å². The molecule has 2 N–H and O–H groups in total. The molecule has 0 saturated heterocycles. The summed E-state index contributed by atoms with van der Waals surface area (Å²) in [6, 6.07) is 0. The molecule has 1 rings (SSSR count). The van der Waals surface area contributed by atoms with E-state index in [1.165, 1.54) is 0 Å². The van der Waals surface area contributed by atoms with Gasteiger partial charge in [-0.2, -0.15) is 0 Å². The molecule has 1 heterocycles. The first-order valence-electron chi connectivity index (χ1n) is 6.77. The van der Waals surface area contributed by atoms with E-state index in [1.54, 1.807) is 11.3 Å². The van der Waals surface area contributed by atoms with Crippen LogP contribution in [0.2, 0.25) is 0 Å². The highest BCUT2D eigenvalue weighted by atomic mass is 127. The number of hydrogen-bond donors (Lipinski definition) is 2. The van der Waals surface area contributed by atoms with Crippen molar-refractivity contribution >= 4 is 41.3 Å². The second kappa shape index (κ2) is 12.3. The second-order valence-corrected chi connectivity index (χ2v) is 5.05. The Morgan fingerprint density at radius 2 is 2.20 bits per heavy atom. The Hall–Kier alpha value is -0.410. The summed E-state index contributed by atoms with van der Waals surface area (Å²) in [4.78, 5) is 8.88. The third-order valence-electron chi connectivity index (χ3n) is 2.39. The molecule has 116 valence electrons. The van der Waals surface area contributed by atoms with Crippen LogP contribution < -0.4 is 10.6 Å². The van der Waals surface area contributed by atoms with E-state index < -0.39 is 0 Å². The molecule has 1 aromatic rings. The molecule has 0 aliphatic carbocycles. The lowest BCUT2D eigenvalue weighted by Gasteiger charge is -2.10. The van der Waals surface area contributed by atoms with Gasteiger partial charge in [-0.05, 0) is 20.8 Å². The van der Waals surface area contributed by atoms with Gasteiger partial charge < -0.3 is 15.4 Å². The van der Waals surface area contributed by atoms with E-state index in [9.17, 15) is 0 Å². The topological polar surface area (TPSA) is 58.5 Å². The fourth-order valence-electron chi connectivity index (χ4n) is 1.54. The second-order valence-electron chi connectivity index (χ2n) is 3.99. The van der Waals surface area contributed by atoms with E-state index in [-0.39, 0.29) is 24.0 Å². The van der Waals surface area contributed by atoms with E-state index in [4.69, 9.17) is 4.74 Å². The Morgan fingerprint density at radius 1 is 1.40 bits per heavy atom. The predicted octanol–water partition coefficient (Wildman–Crippen LogP) is 2.20.